The summed E-state index contributed by atoms with van der Waals surface area (Å²) in [5.41, 5.74) is 5.03. The number of hydroxylamine groups is 1. The molecule has 1 rings (SSSR count). The Labute approximate surface area is 91.4 Å². The Morgan fingerprint density at radius 2 is 1.87 bits per heavy atom. The lowest BCUT2D eigenvalue weighted by molar-refractivity contribution is 0.0537. The molecule has 84 valence electrons. The van der Waals surface area contributed by atoms with Crippen LogP contribution in [0, 0.1) is 13.8 Å². The average molecular weight is 209 g/mol. The Balaban J connectivity index is 0.000000921. The van der Waals surface area contributed by atoms with Crippen molar-refractivity contribution in [3.63, 3.8) is 0 Å². The van der Waals surface area contributed by atoms with Gasteiger partial charge in [0.25, 0.3) is 5.91 Å². The number of aryl methyl sites for hydroxylation is 1. The van der Waals surface area contributed by atoms with Gasteiger partial charge in [-0.05, 0) is 31.0 Å². The number of rotatable bonds is 2. The summed E-state index contributed by atoms with van der Waals surface area (Å²) < 4.78 is 0. The van der Waals surface area contributed by atoms with Crippen LogP contribution in [0.25, 0.3) is 0 Å². The summed E-state index contributed by atoms with van der Waals surface area (Å²) in [6.07, 6.45) is 0. The van der Waals surface area contributed by atoms with Crippen molar-refractivity contribution in [2.45, 2.75) is 27.7 Å². The maximum atomic E-state index is 11.4. The summed E-state index contributed by atoms with van der Waals surface area (Å²) in [6, 6.07) is 5.60. The number of benzene rings is 1. The standard InChI is InChI=1S/C10H13NO2.C2H6/c1-7-5-4-6-9(8(7)2)10(12)11-13-3;1-2/h4-6H,1-3H3,(H,11,12);1-2H3. The Bertz CT molecular complexity index is 321. The van der Waals surface area contributed by atoms with Gasteiger partial charge in [-0.1, -0.05) is 26.0 Å². The molecule has 0 saturated carbocycles. The zero-order valence-corrected chi connectivity index (χ0v) is 10.0. The largest absolute Gasteiger partial charge is 0.277 e. The maximum Gasteiger partial charge on any atom is 0.275 e. The number of nitrogens with one attached hydrogen (secondary N) is 1. The molecule has 0 unspecified atom stereocenters. The highest BCUT2D eigenvalue weighted by Gasteiger charge is 2.08. The van der Waals surface area contributed by atoms with E-state index in [9.17, 15) is 4.79 Å². The summed E-state index contributed by atoms with van der Waals surface area (Å²) in [5.74, 6) is -0.205. The summed E-state index contributed by atoms with van der Waals surface area (Å²) in [4.78, 5) is 15.9. The first kappa shape index (κ1) is 13.7. The second-order valence-corrected chi connectivity index (χ2v) is 2.88. The van der Waals surface area contributed by atoms with Gasteiger partial charge in [-0.15, -0.1) is 0 Å². The number of carbonyl (C=O) groups is 1. The minimum Gasteiger partial charge on any atom is -0.277 e. The number of amides is 1. The minimum absolute atomic E-state index is 0.205. The molecular weight excluding hydrogens is 190 g/mol. The molecule has 0 heterocycles. The molecule has 0 bridgehead atoms. The van der Waals surface area contributed by atoms with Crippen LogP contribution >= 0.6 is 0 Å². The average Bonchev–Trinajstić information content (AvgIpc) is 2.25. The molecule has 1 aromatic carbocycles. The van der Waals surface area contributed by atoms with E-state index in [1.807, 2.05) is 39.8 Å². The van der Waals surface area contributed by atoms with Crippen molar-refractivity contribution >= 4 is 5.91 Å². The molecule has 0 aromatic heterocycles. The van der Waals surface area contributed by atoms with Gasteiger partial charge in [0.2, 0.25) is 0 Å². The Hall–Kier alpha value is -1.35. The molecule has 0 atom stereocenters. The highest BCUT2D eigenvalue weighted by molar-refractivity contribution is 5.95. The summed E-state index contributed by atoms with van der Waals surface area (Å²) in [6.45, 7) is 7.89. The molecule has 0 aliphatic heterocycles. The third kappa shape index (κ3) is 3.72. The van der Waals surface area contributed by atoms with E-state index in [0.29, 0.717) is 5.56 Å². The topological polar surface area (TPSA) is 38.3 Å². The SMILES string of the molecule is CC.CONC(=O)c1cccc(C)c1C. The molecule has 1 N–H and O–H groups in total. The van der Waals surface area contributed by atoms with E-state index in [0.717, 1.165) is 11.1 Å². The molecule has 15 heavy (non-hydrogen) atoms. The zero-order chi connectivity index (χ0) is 11.8. The first-order valence-electron chi connectivity index (χ1n) is 5.06. The van der Waals surface area contributed by atoms with Gasteiger partial charge in [0.15, 0.2) is 0 Å². The Kier molecular flexibility index (Phi) is 6.38. The molecule has 3 nitrogen and oxygen atoms in total. The summed E-state index contributed by atoms with van der Waals surface area (Å²) in [5, 5.41) is 0. The molecule has 0 fully saturated rings. The van der Waals surface area contributed by atoms with Crippen LogP contribution in [-0.2, 0) is 4.84 Å². The predicted molar refractivity (Wildman–Crippen MR) is 61.7 cm³/mol. The monoisotopic (exact) mass is 209 g/mol. The molecule has 3 heteroatoms. The lowest BCUT2D eigenvalue weighted by atomic mass is 10.0. The van der Waals surface area contributed by atoms with Crippen LogP contribution in [0.5, 0.6) is 0 Å². The second-order valence-electron chi connectivity index (χ2n) is 2.88. The van der Waals surface area contributed by atoms with Crippen LogP contribution in [0.15, 0.2) is 18.2 Å². The van der Waals surface area contributed by atoms with Gasteiger partial charge in [-0.2, -0.15) is 0 Å². The van der Waals surface area contributed by atoms with Crippen LogP contribution in [0.2, 0.25) is 0 Å². The van der Waals surface area contributed by atoms with Gasteiger partial charge < -0.3 is 0 Å². The third-order valence-corrected chi connectivity index (χ3v) is 2.04. The predicted octanol–water partition coefficient (Wildman–Crippen LogP) is 2.62. The van der Waals surface area contributed by atoms with Crippen LogP contribution in [-0.4, -0.2) is 13.0 Å². The summed E-state index contributed by atoms with van der Waals surface area (Å²) >= 11 is 0. The minimum atomic E-state index is -0.205. The smallest absolute Gasteiger partial charge is 0.275 e. The third-order valence-electron chi connectivity index (χ3n) is 2.04. The van der Waals surface area contributed by atoms with Crippen LogP contribution in [0.1, 0.15) is 35.3 Å². The quantitative estimate of drug-likeness (QED) is 0.760. The Morgan fingerprint density at radius 1 is 1.27 bits per heavy atom. The van der Waals surface area contributed by atoms with E-state index in [-0.39, 0.29) is 5.91 Å². The molecule has 0 spiro atoms. The fraction of sp³-hybridized carbons (Fsp3) is 0.417. The van der Waals surface area contributed by atoms with Crippen LogP contribution in [0.3, 0.4) is 0 Å². The van der Waals surface area contributed by atoms with Crippen molar-refractivity contribution in [2.24, 2.45) is 0 Å². The molecule has 1 amide bonds. The summed E-state index contributed by atoms with van der Waals surface area (Å²) in [7, 11) is 1.42. The molecule has 0 radical (unpaired) electrons. The van der Waals surface area contributed by atoms with E-state index in [4.69, 9.17) is 0 Å². The van der Waals surface area contributed by atoms with Gasteiger partial charge in [-0.3, -0.25) is 9.63 Å². The van der Waals surface area contributed by atoms with E-state index in [1.165, 1.54) is 7.11 Å². The van der Waals surface area contributed by atoms with Crippen molar-refractivity contribution in [1.29, 1.82) is 0 Å². The fourth-order valence-corrected chi connectivity index (χ4v) is 1.14. The van der Waals surface area contributed by atoms with Crippen molar-refractivity contribution in [1.82, 2.24) is 5.48 Å². The van der Waals surface area contributed by atoms with Gasteiger partial charge in [0.1, 0.15) is 0 Å². The molecule has 0 saturated heterocycles. The van der Waals surface area contributed by atoms with E-state index in [2.05, 4.69) is 10.3 Å². The van der Waals surface area contributed by atoms with Gasteiger partial charge in [-0.25, -0.2) is 5.48 Å². The molecular formula is C12H19NO2. The number of carbonyl (C=O) groups excluding carboxylic acids is 1. The zero-order valence-electron chi connectivity index (χ0n) is 10.0. The van der Waals surface area contributed by atoms with E-state index in [1.54, 1.807) is 6.07 Å². The normalized spacial score (nSPS) is 8.87. The van der Waals surface area contributed by atoms with Gasteiger partial charge in [0, 0.05) is 5.56 Å². The van der Waals surface area contributed by atoms with Crippen molar-refractivity contribution in [3.05, 3.63) is 34.9 Å². The van der Waals surface area contributed by atoms with E-state index >= 15 is 0 Å². The first-order valence-corrected chi connectivity index (χ1v) is 5.06. The second kappa shape index (κ2) is 7.01. The first-order chi connectivity index (χ1) is 7.16. The fourth-order valence-electron chi connectivity index (χ4n) is 1.14. The number of hydrogen-bond donors (Lipinski definition) is 1. The maximum absolute atomic E-state index is 11.4. The lowest BCUT2D eigenvalue weighted by Gasteiger charge is -2.07. The molecule has 0 aliphatic rings. The van der Waals surface area contributed by atoms with Crippen molar-refractivity contribution < 1.29 is 9.63 Å². The van der Waals surface area contributed by atoms with Crippen molar-refractivity contribution in [3.8, 4) is 0 Å². The highest BCUT2D eigenvalue weighted by atomic mass is 16.6. The van der Waals surface area contributed by atoms with Crippen molar-refractivity contribution in [2.75, 3.05) is 7.11 Å². The lowest BCUT2D eigenvalue weighted by Crippen LogP contribution is -2.22. The van der Waals surface area contributed by atoms with Gasteiger partial charge >= 0.3 is 0 Å². The van der Waals surface area contributed by atoms with E-state index < -0.39 is 0 Å². The van der Waals surface area contributed by atoms with Crippen LogP contribution < -0.4 is 5.48 Å². The molecule has 1 aromatic rings. The number of hydrogen-bond acceptors (Lipinski definition) is 2. The highest BCUT2D eigenvalue weighted by Crippen LogP contribution is 2.12. The molecule has 0 aliphatic carbocycles. The van der Waals surface area contributed by atoms with Crippen LogP contribution in [0.4, 0.5) is 0 Å². The Morgan fingerprint density at radius 3 is 2.40 bits per heavy atom. The van der Waals surface area contributed by atoms with Gasteiger partial charge in [0.05, 0.1) is 7.11 Å².